The molecule has 0 aliphatic carbocycles. The molecule has 0 bridgehead atoms. The number of hydrogen-bond donors (Lipinski definition) is 0. The lowest BCUT2D eigenvalue weighted by Gasteiger charge is -2.20. The van der Waals surface area contributed by atoms with Gasteiger partial charge in [-0.1, -0.05) is 182 Å². The van der Waals surface area contributed by atoms with E-state index in [1.165, 1.54) is 0 Å². The number of para-hydroxylation sites is 1. The Hall–Kier alpha value is -6.96. The first-order valence-electron chi connectivity index (χ1n) is 21.6. The molecule has 246 valence electrons. The third-order valence-electron chi connectivity index (χ3n) is 10.5. The van der Waals surface area contributed by atoms with Crippen molar-refractivity contribution in [2.45, 2.75) is 0 Å². The van der Waals surface area contributed by atoms with Gasteiger partial charge in [0.1, 0.15) is 11.2 Å². The van der Waals surface area contributed by atoms with Crippen molar-refractivity contribution in [3.8, 4) is 44.5 Å². The molecule has 11 aromatic rings. The van der Waals surface area contributed by atoms with Gasteiger partial charge in [-0.05, 0) is 94.2 Å². The lowest BCUT2D eigenvalue weighted by Crippen LogP contribution is -1.93. The van der Waals surface area contributed by atoms with Crippen LogP contribution in [0.4, 0.5) is 0 Å². The molecule has 0 N–H and O–H groups in total. The normalized spacial score (nSPS) is 13.9. The molecule has 10 aromatic carbocycles. The zero-order chi connectivity index (χ0) is 41.8. The van der Waals surface area contributed by atoms with Crippen LogP contribution in [-0.4, -0.2) is 0 Å². The Morgan fingerprint density at radius 3 is 1.57 bits per heavy atom. The summed E-state index contributed by atoms with van der Waals surface area (Å²) in [5.41, 5.74) is 6.75. The lowest BCUT2D eigenvalue weighted by atomic mass is 9.83. The monoisotopic (exact) mass is 680 g/mol. The summed E-state index contributed by atoms with van der Waals surface area (Å²) in [6.45, 7) is 0. The van der Waals surface area contributed by atoms with Crippen LogP contribution in [0.3, 0.4) is 0 Å². The summed E-state index contributed by atoms with van der Waals surface area (Å²) in [6, 6.07) is 44.5. The van der Waals surface area contributed by atoms with Crippen molar-refractivity contribution in [2.75, 3.05) is 0 Å². The molecule has 1 heterocycles. The predicted octanol–water partition coefficient (Wildman–Crippen LogP) is 14.9. The van der Waals surface area contributed by atoms with Crippen LogP contribution < -0.4 is 0 Å². The number of rotatable bonds is 4. The van der Waals surface area contributed by atoms with Crippen LogP contribution in [-0.2, 0) is 0 Å². The van der Waals surface area contributed by atoms with Crippen LogP contribution >= 0.6 is 0 Å². The molecule has 0 unspecified atom stereocenters. The number of furan rings is 1. The molecule has 0 aliphatic rings. The third kappa shape index (κ3) is 4.51. The SMILES string of the molecule is [2H]c1c([2H])c([2H])c2c(-c3ccc(-c4ccc(-c5ccccc5)c5ccccc45)c4oc5ccccc5c34)c3c([2H])c([2H])c([2H])c([2H])c3c(-c3cccc4ccccc34)c2c1[2H]. The van der Waals surface area contributed by atoms with E-state index in [4.69, 9.17) is 9.90 Å². The molecule has 1 nitrogen and oxygen atoms in total. The van der Waals surface area contributed by atoms with Gasteiger partial charge in [-0.15, -0.1) is 0 Å². The maximum atomic E-state index is 9.62. The molecule has 0 saturated heterocycles. The number of benzene rings is 10. The molecule has 0 radical (unpaired) electrons. The zero-order valence-corrected chi connectivity index (χ0v) is 28.3. The van der Waals surface area contributed by atoms with Crippen molar-refractivity contribution in [1.29, 1.82) is 0 Å². The minimum Gasteiger partial charge on any atom is -0.455 e. The quantitative estimate of drug-likeness (QED) is 0.169. The second-order valence-electron chi connectivity index (χ2n) is 13.3. The van der Waals surface area contributed by atoms with E-state index in [1.54, 1.807) is 0 Å². The van der Waals surface area contributed by atoms with Crippen molar-refractivity contribution >= 4 is 65.0 Å². The molecule has 0 fully saturated rings. The highest BCUT2D eigenvalue weighted by molar-refractivity contribution is 6.28. The number of hydrogen-bond acceptors (Lipinski definition) is 1. The van der Waals surface area contributed by atoms with Gasteiger partial charge in [0.05, 0.1) is 11.0 Å². The third-order valence-corrected chi connectivity index (χ3v) is 10.5. The first kappa shape index (κ1) is 22.8. The van der Waals surface area contributed by atoms with Crippen molar-refractivity contribution in [3.63, 3.8) is 0 Å². The van der Waals surface area contributed by atoms with Crippen LogP contribution in [0.5, 0.6) is 0 Å². The van der Waals surface area contributed by atoms with E-state index in [-0.39, 0.29) is 51.3 Å². The topological polar surface area (TPSA) is 13.1 Å². The minimum atomic E-state index is -0.447. The molecule has 0 spiro atoms. The van der Waals surface area contributed by atoms with Gasteiger partial charge in [-0.3, -0.25) is 0 Å². The molecule has 11 rings (SSSR count). The van der Waals surface area contributed by atoms with Gasteiger partial charge in [0.2, 0.25) is 0 Å². The summed E-state index contributed by atoms with van der Waals surface area (Å²) in [4.78, 5) is 0. The smallest absolute Gasteiger partial charge is 0.143 e. The Balaban J connectivity index is 1.35. The van der Waals surface area contributed by atoms with Crippen LogP contribution in [0, 0.1) is 0 Å². The molecule has 53 heavy (non-hydrogen) atoms. The van der Waals surface area contributed by atoms with Crippen molar-refractivity contribution in [3.05, 3.63) is 194 Å². The molecular formula is C52H32O. The van der Waals surface area contributed by atoms with Gasteiger partial charge >= 0.3 is 0 Å². The van der Waals surface area contributed by atoms with Gasteiger partial charge in [-0.25, -0.2) is 0 Å². The second kappa shape index (κ2) is 11.8. The number of fused-ring (bicyclic) bond motifs is 7. The van der Waals surface area contributed by atoms with Gasteiger partial charge in [-0.2, -0.15) is 0 Å². The standard InChI is InChI=1S/C52H32O/c1-2-15-33(16-3-1)36-29-30-39(38-21-7-6-20-37(36)38)45-31-32-47(51-46-26-12-13-28-48(46)53-52(45)51)50-43-24-10-8-22-41(43)49(42-23-9-11-25-44(42)50)40-27-14-18-34-17-4-5-19-35(34)40/h1-32H/i8D,9D,10D,11D,22D,23D,24D,25D. The predicted molar refractivity (Wildman–Crippen MR) is 225 cm³/mol. The van der Waals surface area contributed by atoms with E-state index in [2.05, 4.69) is 36.4 Å². The van der Waals surface area contributed by atoms with Gasteiger partial charge < -0.3 is 4.42 Å². The fourth-order valence-electron chi connectivity index (χ4n) is 8.26. The van der Waals surface area contributed by atoms with Gasteiger partial charge in [0.15, 0.2) is 0 Å². The summed E-state index contributed by atoms with van der Waals surface area (Å²) in [6.07, 6.45) is 0. The van der Waals surface area contributed by atoms with Crippen LogP contribution in [0.15, 0.2) is 198 Å². The Labute approximate surface area is 318 Å². The summed E-state index contributed by atoms with van der Waals surface area (Å²) in [5.74, 6) is 0. The highest BCUT2D eigenvalue weighted by atomic mass is 16.3. The largest absolute Gasteiger partial charge is 0.455 e. The zero-order valence-electron chi connectivity index (χ0n) is 36.3. The molecule has 1 heteroatoms. The summed E-state index contributed by atoms with van der Waals surface area (Å²) in [5, 5.41) is 5.78. The van der Waals surface area contributed by atoms with Gasteiger partial charge in [0.25, 0.3) is 0 Å². The second-order valence-corrected chi connectivity index (χ2v) is 13.3. The van der Waals surface area contributed by atoms with Crippen molar-refractivity contribution < 1.29 is 15.4 Å². The molecule has 0 saturated carbocycles. The maximum absolute atomic E-state index is 9.62. The Kier molecular flexibility index (Phi) is 5.07. The Bertz CT molecular complexity index is 3600. The Morgan fingerprint density at radius 1 is 0.340 bits per heavy atom. The molecule has 0 aliphatic heterocycles. The van der Waals surface area contributed by atoms with E-state index < -0.39 is 24.2 Å². The van der Waals surface area contributed by atoms with Crippen molar-refractivity contribution in [2.24, 2.45) is 0 Å². The van der Waals surface area contributed by atoms with E-state index in [0.717, 1.165) is 49.2 Å². The van der Waals surface area contributed by atoms with E-state index in [1.807, 2.05) is 109 Å². The molecular weight excluding hydrogens is 641 g/mol. The van der Waals surface area contributed by atoms with Crippen molar-refractivity contribution in [1.82, 2.24) is 0 Å². The molecule has 0 amide bonds. The molecule has 1 aromatic heterocycles. The van der Waals surface area contributed by atoms with Crippen LogP contribution in [0.25, 0.3) is 110 Å². The maximum Gasteiger partial charge on any atom is 0.143 e. The highest BCUT2D eigenvalue weighted by Gasteiger charge is 2.23. The molecule has 0 atom stereocenters. The first-order valence-corrected chi connectivity index (χ1v) is 17.6. The fraction of sp³-hybridized carbons (Fsp3) is 0. The summed E-state index contributed by atoms with van der Waals surface area (Å²) < 4.78 is 81.1. The lowest BCUT2D eigenvalue weighted by molar-refractivity contribution is 0.670. The van der Waals surface area contributed by atoms with Gasteiger partial charge in [0, 0.05) is 16.3 Å². The van der Waals surface area contributed by atoms with Crippen LogP contribution in [0.2, 0.25) is 0 Å². The van der Waals surface area contributed by atoms with E-state index in [9.17, 15) is 5.48 Å². The van der Waals surface area contributed by atoms with Crippen LogP contribution in [0.1, 0.15) is 11.0 Å². The fourth-order valence-corrected chi connectivity index (χ4v) is 8.26. The summed E-state index contributed by atoms with van der Waals surface area (Å²) >= 11 is 0. The minimum absolute atomic E-state index is 0.156. The highest BCUT2D eigenvalue weighted by Crippen LogP contribution is 2.50. The average molecular weight is 681 g/mol. The Morgan fingerprint density at radius 2 is 0.849 bits per heavy atom. The average Bonchev–Trinajstić information content (AvgIpc) is 3.70. The van der Waals surface area contributed by atoms with E-state index in [0.29, 0.717) is 33.2 Å². The first-order chi connectivity index (χ1) is 29.7. The summed E-state index contributed by atoms with van der Waals surface area (Å²) in [7, 11) is 0. The van der Waals surface area contributed by atoms with E-state index >= 15 is 0 Å².